The molecule has 1 N–H and O–H groups in total. The van der Waals surface area contributed by atoms with Gasteiger partial charge in [-0.25, -0.2) is 0 Å². The molecule has 1 saturated heterocycles. The second kappa shape index (κ2) is 6.16. The maximum absolute atomic E-state index is 9.39. The predicted octanol–water partition coefficient (Wildman–Crippen LogP) is 1.75. The van der Waals surface area contributed by atoms with Crippen LogP contribution in [0.25, 0.3) is 0 Å². The number of hydrogen-bond donors (Lipinski definition) is 1. The number of aryl methyl sites for hydroxylation is 1. The monoisotopic (exact) mass is 250 g/mol. The third-order valence-electron chi connectivity index (χ3n) is 3.63. The maximum atomic E-state index is 9.39. The number of piperidine rings is 1. The van der Waals surface area contributed by atoms with Crippen LogP contribution in [-0.4, -0.2) is 36.9 Å². The highest BCUT2D eigenvalue weighted by Gasteiger charge is 2.21. The van der Waals surface area contributed by atoms with Gasteiger partial charge in [0, 0.05) is 49.9 Å². The van der Waals surface area contributed by atoms with Crippen molar-refractivity contribution in [2.45, 2.75) is 26.4 Å². The first-order valence-electron chi connectivity index (χ1n) is 6.55. The van der Waals surface area contributed by atoms with Gasteiger partial charge in [-0.3, -0.25) is 4.98 Å². The number of anilines is 1. The molecule has 1 aliphatic heterocycles. The van der Waals surface area contributed by atoms with E-state index in [1.807, 2.05) is 6.92 Å². The molecule has 4 heteroatoms. The Morgan fingerprint density at radius 1 is 1.44 bits per heavy atom. The van der Waals surface area contributed by atoms with Crippen LogP contribution in [0.3, 0.4) is 0 Å². The molecule has 1 fully saturated rings. The number of nitrogens with zero attached hydrogens (tertiary/aromatic N) is 2. The fourth-order valence-corrected chi connectivity index (χ4v) is 2.57. The van der Waals surface area contributed by atoms with Crippen LogP contribution in [0.1, 0.15) is 24.1 Å². The molecule has 0 unspecified atom stereocenters. The summed E-state index contributed by atoms with van der Waals surface area (Å²) < 4.78 is 5.22. The molecule has 4 nitrogen and oxygen atoms in total. The van der Waals surface area contributed by atoms with Crippen molar-refractivity contribution in [3.05, 3.63) is 23.5 Å². The van der Waals surface area contributed by atoms with Crippen LogP contribution in [0.4, 0.5) is 5.69 Å². The van der Waals surface area contributed by atoms with Crippen LogP contribution in [-0.2, 0) is 11.3 Å². The molecule has 0 radical (unpaired) electrons. The zero-order valence-electron chi connectivity index (χ0n) is 11.2. The normalized spacial score (nSPS) is 17.2. The lowest BCUT2D eigenvalue weighted by molar-refractivity contribution is 0.139. The third-order valence-corrected chi connectivity index (χ3v) is 3.63. The van der Waals surface area contributed by atoms with Gasteiger partial charge in [-0.15, -0.1) is 0 Å². The number of ether oxygens (including phenoxy) is 1. The third kappa shape index (κ3) is 3.00. The maximum Gasteiger partial charge on any atom is 0.0717 e. The fourth-order valence-electron chi connectivity index (χ4n) is 2.57. The van der Waals surface area contributed by atoms with Gasteiger partial charge < -0.3 is 14.7 Å². The number of methoxy groups -OCH3 is 1. The van der Waals surface area contributed by atoms with Crippen molar-refractivity contribution in [1.82, 2.24) is 4.98 Å². The fraction of sp³-hybridized carbons (Fsp3) is 0.643. The van der Waals surface area contributed by atoms with Gasteiger partial charge in [-0.05, 0) is 31.7 Å². The van der Waals surface area contributed by atoms with E-state index in [2.05, 4.69) is 16.0 Å². The highest BCUT2D eigenvalue weighted by atomic mass is 16.5. The lowest BCUT2D eigenvalue weighted by atomic mass is 9.97. The van der Waals surface area contributed by atoms with Crippen molar-refractivity contribution >= 4 is 5.69 Å². The Kier molecular flexibility index (Phi) is 4.55. The Morgan fingerprint density at radius 3 is 2.78 bits per heavy atom. The molecule has 1 aliphatic rings. The van der Waals surface area contributed by atoms with Crippen LogP contribution in [0, 0.1) is 12.8 Å². The number of pyridine rings is 1. The van der Waals surface area contributed by atoms with Gasteiger partial charge in [0.25, 0.3) is 0 Å². The van der Waals surface area contributed by atoms with Gasteiger partial charge in [0.1, 0.15) is 0 Å². The summed E-state index contributed by atoms with van der Waals surface area (Å²) >= 11 is 0. The summed E-state index contributed by atoms with van der Waals surface area (Å²) in [5.41, 5.74) is 3.06. The Hall–Kier alpha value is -1.13. The topological polar surface area (TPSA) is 45.6 Å². The average molecular weight is 250 g/mol. The Morgan fingerprint density at radius 2 is 2.17 bits per heavy atom. The van der Waals surface area contributed by atoms with E-state index >= 15 is 0 Å². The quantitative estimate of drug-likeness (QED) is 0.884. The number of aliphatic hydroxyl groups is 1. The van der Waals surface area contributed by atoms with E-state index in [0.29, 0.717) is 5.92 Å². The summed E-state index contributed by atoms with van der Waals surface area (Å²) in [6.07, 6.45) is 4.09. The van der Waals surface area contributed by atoms with Crippen molar-refractivity contribution in [3.63, 3.8) is 0 Å². The SMILES string of the molecule is COCC1CCN(c2cc(C)ncc2CO)CC1. The molecule has 2 rings (SSSR count). The number of aromatic nitrogens is 1. The number of aliphatic hydroxyl groups excluding tert-OH is 1. The molecule has 2 heterocycles. The zero-order chi connectivity index (χ0) is 13.0. The molecule has 0 spiro atoms. The van der Waals surface area contributed by atoms with Gasteiger partial charge in [0.15, 0.2) is 0 Å². The van der Waals surface area contributed by atoms with Crippen molar-refractivity contribution in [3.8, 4) is 0 Å². The molecule has 0 aromatic carbocycles. The van der Waals surface area contributed by atoms with E-state index in [4.69, 9.17) is 4.74 Å². The summed E-state index contributed by atoms with van der Waals surface area (Å²) in [6, 6.07) is 2.07. The lowest BCUT2D eigenvalue weighted by Gasteiger charge is -2.34. The van der Waals surface area contributed by atoms with E-state index in [1.165, 1.54) is 0 Å². The first-order valence-corrected chi connectivity index (χ1v) is 6.55. The lowest BCUT2D eigenvalue weighted by Crippen LogP contribution is -2.35. The molecule has 1 aromatic heterocycles. The Bertz CT molecular complexity index is 387. The van der Waals surface area contributed by atoms with Crippen LogP contribution >= 0.6 is 0 Å². The molecular weight excluding hydrogens is 228 g/mol. The van der Waals surface area contributed by atoms with Gasteiger partial charge in [-0.2, -0.15) is 0 Å². The molecule has 0 aliphatic carbocycles. The standard InChI is InChI=1S/C14H22N2O2/c1-11-7-14(13(9-17)8-15-11)16-5-3-12(4-6-16)10-18-2/h7-8,12,17H,3-6,9-10H2,1-2H3. The largest absolute Gasteiger partial charge is 0.392 e. The van der Waals surface area contributed by atoms with E-state index in [-0.39, 0.29) is 6.61 Å². The second-order valence-corrected chi connectivity index (χ2v) is 5.00. The van der Waals surface area contributed by atoms with Crippen molar-refractivity contribution in [2.75, 3.05) is 31.7 Å². The average Bonchev–Trinajstić information content (AvgIpc) is 2.40. The minimum Gasteiger partial charge on any atom is -0.392 e. The Labute approximate surface area is 109 Å². The highest BCUT2D eigenvalue weighted by molar-refractivity contribution is 5.53. The minimum absolute atomic E-state index is 0.0562. The minimum atomic E-state index is 0.0562. The van der Waals surface area contributed by atoms with Crippen LogP contribution < -0.4 is 4.90 Å². The number of hydrogen-bond acceptors (Lipinski definition) is 4. The van der Waals surface area contributed by atoms with Crippen molar-refractivity contribution < 1.29 is 9.84 Å². The smallest absolute Gasteiger partial charge is 0.0717 e. The first kappa shape index (κ1) is 13.3. The molecule has 100 valence electrons. The van der Waals surface area contributed by atoms with Crippen molar-refractivity contribution in [1.29, 1.82) is 0 Å². The van der Waals surface area contributed by atoms with E-state index in [9.17, 15) is 5.11 Å². The summed E-state index contributed by atoms with van der Waals surface area (Å²) in [4.78, 5) is 6.60. The summed E-state index contributed by atoms with van der Waals surface area (Å²) in [5, 5.41) is 9.39. The van der Waals surface area contributed by atoms with Crippen LogP contribution in [0.15, 0.2) is 12.3 Å². The predicted molar refractivity (Wildman–Crippen MR) is 71.7 cm³/mol. The molecule has 18 heavy (non-hydrogen) atoms. The molecule has 0 saturated carbocycles. The summed E-state index contributed by atoms with van der Waals surface area (Å²) in [5.74, 6) is 0.673. The summed E-state index contributed by atoms with van der Waals surface area (Å²) in [6.45, 7) is 4.97. The van der Waals surface area contributed by atoms with E-state index in [0.717, 1.165) is 49.5 Å². The highest BCUT2D eigenvalue weighted by Crippen LogP contribution is 2.26. The van der Waals surface area contributed by atoms with E-state index in [1.54, 1.807) is 13.3 Å². The summed E-state index contributed by atoms with van der Waals surface area (Å²) in [7, 11) is 1.77. The van der Waals surface area contributed by atoms with Gasteiger partial charge in [0.05, 0.1) is 6.61 Å². The molecule has 0 bridgehead atoms. The van der Waals surface area contributed by atoms with E-state index < -0.39 is 0 Å². The van der Waals surface area contributed by atoms with Crippen LogP contribution in [0.5, 0.6) is 0 Å². The zero-order valence-corrected chi connectivity index (χ0v) is 11.2. The molecule has 0 atom stereocenters. The molecule has 0 amide bonds. The Balaban J connectivity index is 2.06. The van der Waals surface area contributed by atoms with Crippen LogP contribution in [0.2, 0.25) is 0 Å². The molecular formula is C14H22N2O2. The first-order chi connectivity index (χ1) is 8.74. The van der Waals surface area contributed by atoms with Gasteiger partial charge in [-0.1, -0.05) is 0 Å². The number of rotatable bonds is 4. The van der Waals surface area contributed by atoms with Gasteiger partial charge in [0.2, 0.25) is 0 Å². The van der Waals surface area contributed by atoms with Gasteiger partial charge >= 0.3 is 0 Å². The molecule has 1 aromatic rings. The second-order valence-electron chi connectivity index (χ2n) is 5.00. The van der Waals surface area contributed by atoms with Crippen molar-refractivity contribution in [2.24, 2.45) is 5.92 Å².